The van der Waals surface area contributed by atoms with Crippen molar-refractivity contribution in [1.29, 1.82) is 0 Å². The van der Waals surface area contributed by atoms with Gasteiger partial charge in [0.15, 0.2) is 5.78 Å². The van der Waals surface area contributed by atoms with Gasteiger partial charge in [0.1, 0.15) is 0 Å². The second kappa shape index (κ2) is 6.45. The number of ether oxygens (including phenoxy) is 1. The summed E-state index contributed by atoms with van der Waals surface area (Å²) in [6.45, 7) is 5.04. The molecular weight excluding hydrogens is 294 g/mol. The summed E-state index contributed by atoms with van der Waals surface area (Å²) in [7, 11) is 0. The van der Waals surface area contributed by atoms with Gasteiger partial charge >= 0.3 is 0 Å². The van der Waals surface area contributed by atoms with Crippen molar-refractivity contribution < 1.29 is 9.53 Å². The second-order valence-electron chi connectivity index (χ2n) is 4.57. The highest BCUT2D eigenvalue weighted by molar-refractivity contribution is 9.10. The molecule has 0 saturated carbocycles. The molecule has 1 aliphatic heterocycles. The summed E-state index contributed by atoms with van der Waals surface area (Å²) in [6.07, 6.45) is 1.28. The maximum Gasteiger partial charge on any atom is 0.176 e. The maximum atomic E-state index is 12.1. The van der Waals surface area contributed by atoms with E-state index in [4.69, 9.17) is 4.74 Å². The minimum absolute atomic E-state index is 0.180. The number of hydrogen-bond donors (Lipinski definition) is 0. The molecule has 3 nitrogen and oxygen atoms in total. The number of nitrogens with zero attached hydrogens (tertiary/aromatic N) is 1. The number of rotatable bonds is 4. The van der Waals surface area contributed by atoms with Crippen LogP contribution in [0.4, 0.5) is 0 Å². The highest BCUT2D eigenvalue weighted by atomic mass is 79.9. The standard InChI is InChI=1S/C14H18BrNO2/c1-2-13-9-16(7-8-18-13)10-14(17)11-3-5-12(15)6-4-11/h3-6,13H,2,7-10H2,1H3/t13-/m0/s1. The summed E-state index contributed by atoms with van der Waals surface area (Å²) in [6, 6.07) is 7.54. The molecule has 0 radical (unpaired) electrons. The molecule has 1 heterocycles. The Hall–Kier alpha value is -0.710. The van der Waals surface area contributed by atoms with Gasteiger partial charge in [-0.25, -0.2) is 0 Å². The zero-order chi connectivity index (χ0) is 13.0. The van der Waals surface area contributed by atoms with Crippen LogP contribution >= 0.6 is 15.9 Å². The lowest BCUT2D eigenvalue weighted by atomic mass is 10.1. The molecule has 0 unspecified atom stereocenters. The molecule has 1 saturated heterocycles. The predicted octanol–water partition coefficient (Wildman–Crippen LogP) is 2.74. The third kappa shape index (κ3) is 3.64. The normalized spacial score (nSPS) is 20.9. The molecule has 0 aliphatic carbocycles. The minimum Gasteiger partial charge on any atom is -0.376 e. The summed E-state index contributed by atoms with van der Waals surface area (Å²) >= 11 is 3.37. The zero-order valence-electron chi connectivity index (χ0n) is 10.6. The first-order valence-corrected chi connectivity index (χ1v) is 7.11. The molecule has 4 heteroatoms. The summed E-state index contributed by atoms with van der Waals surface area (Å²) in [5, 5.41) is 0. The van der Waals surface area contributed by atoms with Gasteiger partial charge in [-0.05, 0) is 18.6 Å². The van der Waals surface area contributed by atoms with Crippen molar-refractivity contribution in [1.82, 2.24) is 4.90 Å². The van der Waals surface area contributed by atoms with Crippen LogP contribution in [0.1, 0.15) is 23.7 Å². The molecule has 1 aromatic carbocycles. The summed E-state index contributed by atoms with van der Waals surface area (Å²) in [5.41, 5.74) is 0.776. The second-order valence-corrected chi connectivity index (χ2v) is 5.48. The summed E-state index contributed by atoms with van der Waals surface area (Å²) < 4.78 is 6.60. The Balaban J connectivity index is 1.92. The Bertz CT molecular complexity index is 405. The number of morpholine rings is 1. The molecule has 1 aliphatic rings. The molecule has 18 heavy (non-hydrogen) atoms. The van der Waals surface area contributed by atoms with Crippen LogP contribution in [0.2, 0.25) is 0 Å². The van der Waals surface area contributed by atoms with Gasteiger partial charge < -0.3 is 4.74 Å². The van der Waals surface area contributed by atoms with E-state index in [2.05, 4.69) is 27.8 Å². The monoisotopic (exact) mass is 311 g/mol. The number of halogens is 1. The first kappa shape index (κ1) is 13.7. The molecule has 98 valence electrons. The van der Waals surface area contributed by atoms with Gasteiger partial charge in [0.25, 0.3) is 0 Å². The van der Waals surface area contributed by atoms with Gasteiger partial charge in [0, 0.05) is 23.1 Å². The Morgan fingerprint density at radius 3 is 2.83 bits per heavy atom. The topological polar surface area (TPSA) is 29.5 Å². The van der Waals surface area contributed by atoms with Gasteiger partial charge in [-0.3, -0.25) is 9.69 Å². The lowest BCUT2D eigenvalue weighted by Gasteiger charge is -2.31. The fourth-order valence-corrected chi connectivity index (χ4v) is 2.37. The van der Waals surface area contributed by atoms with Gasteiger partial charge in [-0.2, -0.15) is 0 Å². The molecule has 1 aromatic rings. The van der Waals surface area contributed by atoms with E-state index in [1.54, 1.807) is 0 Å². The molecule has 0 spiro atoms. The number of ketones is 1. The Labute approximate surface area is 116 Å². The SMILES string of the molecule is CC[C@H]1CN(CC(=O)c2ccc(Br)cc2)CCO1. The van der Waals surface area contributed by atoms with Gasteiger partial charge in [0.05, 0.1) is 19.3 Å². The Morgan fingerprint density at radius 2 is 2.17 bits per heavy atom. The van der Waals surface area contributed by atoms with E-state index in [1.807, 2.05) is 24.3 Å². The van der Waals surface area contributed by atoms with Gasteiger partial charge in [0.2, 0.25) is 0 Å². The lowest BCUT2D eigenvalue weighted by molar-refractivity contribution is -0.0271. The molecule has 0 aromatic heterocycles. The lowest BCUT2D eigenvalue weighted by Crippen LogP contribution is -2.44. The Kier molecular flexibility index (Phi) is 4.92. The van der Waals surface area contributed by atoms with Crippen LogP contribution in [-0.2, 0) is 4.74 Å². The third-order valence-corrected chi connectivity index (χ3v) is 3.74. The quantitative estimate of drug-likeness (QED) is 0.801. The number of carbonyl (C=O) groups is 1. The van der Waals surface area contributed by atoms with E-state index in [9.17, 15) is 4.79 Å². The smallest absolute Gasteiger partial charge is 0.176 e. The van der Waals surface area contributed by atoms with Crippen LogP contribution in [0.3, 0.4) is 0 Å². The molecule has 1 atom stereocenters. The number of benzene rings is 1. The molecule has 1 fully saturated rings. The third-order valence-electron chi connectivity index (χ3n) is 3.21. The van der Waals surface area contributed by atoms with Gasteiger partial charge in [-0.1, -0.05) is 35.0 Å². The summed E-state index contributed by atoms with van der Waals surface area (Å²) in [5.74, 6) is 0.180. The zero-order valence-corrected chi connectivity index (χ0v) is 12.1. The summed E-state index contributed by atoms with van der Waals surface area (Å²) in [4.78, 5) is 14.3. The van der Waals surface area contributed by atoms with E-state index in [0.717, 1.165) is 36.2 Å². The van der Waals surface area contributed by atoms with E-state index in [0.29, 0.717) is 6.54 Å². The van der Waals surface area contributed by atoms with Crippen LogP contribution in [0.25, 0.3) is 0 Å². The van der Waals surface area contributed by atoms with E-state index < -0.39 is 0 Å². The molecule has 2 rings (SSSR count). The largest absolute Gasteiger partial charge is 0.376 e. The van der Waals surface area contributed by atoms with E-state index in [-0.39, 0.29) is 11.9 Å². The van der Waals surface area contributed by atoms with Crippen molar-refractivity contribution in [2.45, 2.75) is 19.4 Å². The number of carbonyl (C=O) groups excluding carboxylic acids is 1. The fourth-order valence-electron chi connectivity index (χ4n) is 2.10. The molecule has 0 N–H and O–H groups in total. The molecule has 0 amide bonds. The van der Waals surface area contributed by atoms with E-state index >= 15 is 0 Å². The van der Waals surface area contributed by atoms with Crippen molar-refractivity contribution in [3.8, 4) is 0 Å². The first-order valence-electron chi connectivity index (χ1n) is 6.31. The number of hydrogen-bond acceptors (Lipinski definition) is 3. The van der Waals surface area contributed by atoms with Crippen LogP contribution in [0.5, 0.6) is 0 Å². The van der Waals surface area contributed by atoms with Crippen LogP contribution < -0.4 is 0 Å². The molecular formula is C14H18BrNO2. The van der Waals surface area contributed by atoms with Gasteiger partial charge in [-0.15, -0.1) is 0 Å². The maximum absolute atomic E-state index is 12.1. The average molecular weight is 312 g/mol. The van der Waals surface area contributed by atoms with Crippen molar-refractivity contribution in [2.75, 3.05) is 26.2 Å². The number of Topliss-reactive ketones (excluding diaryl/α,β-unsaturated/α-hetero) is 1. The highest BCUT2D eigenvalue weighted by Gasteiger charge is 2.21. The molecule has 0 bridgehead atoms. The van der Waals surface area contributed by atoms with E-state index in [1.165, 1.54) is 0 Å². The fraction of sp³-hybridized carbons (Fsp3) is 0.500. The average Bonchev–Trinajstić information content (AvgIpc) is 2.39. The van der Waals surface area contributed by atoms with Crippen molar-refractivity contribution in [2.24, 2.45) is 0 Å². The Morgan fingerprint density at radius 1 is 1.44 bits per heavy atom. The van der Waals surface area contributed by atoms with Crippen molar-refractivity contribution >= 4 is 21.7 Å². The highest BCUT2D eigenvalue weighted by Crippen LogP contribution is 2.13. The van der Waals surface area contributed by atoms with Crippen LogP contribution in [-0.4, -0.2) is 43.0 Å². The van der Waals surface area contributed by atoms with Crippen molar-refractivity contribution in [3.05, 3.63) is 34.3 Å². The minimum atomic E-state index is 0.180. The predicted molar refractivity (Wildman–Crippen MR) is 74.9 cm³/mol. The van der Waals surface area contributed by atoms with Crippen LogP contribution in [0.15, 0.2) is 28.7 Å². The van der Waals surface area contributed by atoms with Crippen LogP contribution in [0, 0.1) is 0 Å². The first-order chi connectivity index (χ1) is 8.69. The van der Waals surface area contributed by atoms with Crippen molar-refractivity contribution in [3.63, 3.8) is 0 Å².